The first kappa shape index (κ1) is 16.1. The summed E-state index contributed by atoms with van der Waals surface area (Å²) in [7, 11) is 3.29. The first-order valence-electron chi connectivity index (χ1n) is 7.45. The molecule has 0 saturated carbocycles. The molecule has 1 atom stereocenters. The topological polar surface area (TPSA) is 54.0 Å². The molecule has 2 N–H and O–H groups in total. The van der Waals surface area contributed by atoms with E-state index in [0.29, 0.717) is 0 Å². The molecule has 1 unspecified atom stereocenters. The normalized spacial score (nSPS) is 19.6. The van der Waals surface area contributed by atoms with Gasteiger partial charge < -0.3 is 19.9 Å². The van der Waals surface area contributed by atoms with E-state index in [1.54, 1.807) is 14.2 Å². The Morgan fingerprint density at radius 3 is 2.71 bits per heavy atom. The lowest BCUT2D eigenvalue weighted by molar-refractivity contribution is 0.0433. The predicted molar refractivity (Wildman–Crippen MR) is 83.0 cm³/mol. The molecule has 1 aliphatic heterocycles. The molecule has 1 saturated heterocycles. The second-order valence-electron chi connectivity index (χ2n) is 5.59. The summed E-state index contributed by atoms with van der Waals surface area (Å²) in [5.41, 5.74) is 0.541. The summed E-state index contributed by atoms with van der Waals surface area (Å²) in [4.78, 5) is 2.33. The molecule has 0 aliphatic carbocycles. The molecule has 1 aliphatic rings. The largest absolute Gasteiger partial charge is 0.497 e. The molecule has 1 aromatic carbocycles. The summed E-state index contributed by atoms with van der Waals surface area (Å²) in [5, 5.41) is 13.5. The molecule has 0 amide bonds. The van der Waals surface area contributed by atoms with Gasteiger partial charge in [0, 0.05) is 31.3 Å². The number of hydrogen-bond donors (Lipinski definition) is 2. The van der Waals surface area contributed by atoms with Crippen LogP contribution in [0, 0.1) is 0 Å². The van der Waals surface area contributed by atoms with Crippen molar-refractivity contribution in [3.8, 4) is 11.5 Å². The second-order valence-corrected chi connectivity index (χ2v) is 5.59. The van der Waals surface area contributed by atoms with Crippen LogP contribution >= 0.6 is 0 Å². The van der Waals surface area contributed by atoms with Gasteiger partial charge in [-0.25, -0.2) is 0 Å². The molecule has 118 valence electrons. The van der Waals surface area contributed by atoms with Crippen molar-refractivity contribution >= 4 is 0 Å². The smallest absolute Gasteiger partial charge is 0.127 e. The molecular formula is C16H26N2O3. The Bertz CT molecular complexity index is 459. The van der Waals surface area contributed by atoms with E-state index in [1.165, 1.54) is 0 Å². The SMILES string of the molecule is COc1ccc(C(C)(CO)N2CCCNCC2)c(OC)c1. The fourth-order valence-electron chi connectivity index (χ4n) is 2.94. The molecule has 0 bridgehead atoms. The van der Waals surface area contributed by atoms with Gasteiger partial charge in [-0.1, -0.05) is 0 Å². The summed E-state index contributed by atoms with van der Waals surface area (Å²) in [6, 6.07) is 5.79. The number of aliphatic hydroxyl groups excluding tert-OH is 1. The van der Waals surface area contributed by atoms with Crippen molar-refractivity contribution in [2.45, 2.75) is 18.9 Å². The molecule has 1 heterocycles. The maximum atomic E-state index is 10.1. The number of methoxy groups -OCH3 is 2. The molecule has 1 fully saturated rings. The fraction of sp³-hybridized carbons (Fsp3) is 0.625. The average molecular weight is 294 g/mol. The summed E-state index contributed by atoms with van der Waals surface area (Å²) in [5.74, 6) is 1.51. The van der Waals surface area contributed by atoms with Gasteiger partial charge in [-0.05, 0) is 32.0 Å². The highest BCUT2D eigenvalue weighted by Crippen LogP contribution is 2.37. The minimum atomic E-state index is -0.455. The number of rotatable bonds is 5. The van der Waals surface area contributed by atoms with E-state index >= 15 is 0 Å². The third-order valence-corrected chi connectivity index (χ3v) is 4.33. The molecular weight excluding hydrogens is 268 g/mol. The van der Waals surface area contributed by atoms with Crippen molar-refractivity contribution in [1.29, 1.82) is 0 Å². The number of nitrogens with one attached hydrogen (secondary N) is 1. The molecule has 5 heteroatoms. The highest BCUT2D eigenvalue weighted by atomic mass is 16.5. The third kappa shape index (κ3) is 3.31. The van der Waals surface area contributed by atoms with Crippen LogP contribution in [0.2, 0.25) is 0 Å². The monoisotopic (exact) mass is 294 g/mol. The van der Waals surface area contributed by atoms with Crippen molar-refractivity contribution in [2.24, 2.45) is 0 Å². The highest BCUT2D eigenvalue weighted by Gasteiger charge is 2.35. The zero-order chi connectivity index (χ0) is 15.3. The minimum absolute atomic E-state index is 0.0513. The van der Waals surface area contributed by atoms with E-state index in [0.717, 1.165) is 49.7 Å². The molecule has 21 heavy (non-hydrogen) atoms. The number of hydrogen-bond acceptors (Lipinski definition) is 5. The van der Waals surface area contributed by atoms with Gasteiger partial charge in [0.1, 0.15) is 11.5 Å². The van der Waals surface area contributed by atoms with Gasteiger partial charge in [0.15, 0.2) is 0 Å². The third-order valence-electron chi connectivity index (χ3n) is 4.33. The number of ether oxygens (including phenoxy) is 2. The summed E-state index contributed by atoms with van der Waals surface area (Å²) in [6.45, 7) is 5.95. The summed E-state index contributed by atoms with van der Waals surface area (Å²) in [6.07, 6.45) is 1.08. The second kappa shape index (κ2) is 7.11. The number of benzene rings is 1. The molecule has 5 nitrogen and oxygen atoms in total. The molecule has 0 spiro atoms. The Labute approximate surface area is 126 Å². The molecule has 0 aromatic heterocycles. The van der Waals surface area contributed by atoms with Crippen LogP contribution in [0.4, 0.5) is 0 Å². The van der Waals surface area contributed by atoms with E-state index in [-0.39, 0.29) is 6.61 Å². The van der Waals surface area contributed by atoms with Gasteiger partial charge in [-0.3, -0.25) is 4.90 Å². The lowest BCUT2D eigenvalue weighted by atomic mass is 9.89. The number of aliphatic hydroxyl groups is 1. The van der Waals surface area contributed by atoms with Crippen LogP contribution in [0.3, 0.4) is 0 Å². The predicted octanol–water partition coefficient (Wildman–Crippen LogP) is 1.21. The van der Waals surface area contributed by atoms with Gasteiger partial charge in [0.05, 0.1) is 26.4 Å². The molecule has 2 rings (SSSR count). The quantitative estimate of drug-likeness (QED) is 0.855. The standard InChI is InChI=1S/C16H26N2O3/c1-16(12-19,18-9-4-7-17-8-10-18)14-6-5-13(20-2)11-15(14)21-3/h5-6,11,17,19H,4,7-10,12H2,1-3H3. The Balaban J connectivity index is 2.38. The Kier molecular flexibility index (Phi) is 5.45. The van der Waals surface area contributed by atoms with E-state index in [9.17, 15) is 5.11 Å². The molecule has 0 radical (unpaired) electrons. The zero-order valence-corrected chi connectivity index (χ0v) is 13.2. The van der Waals surface area contributed by atoms with Gasteiger partial charge in [-0.15, -0.1) is 0 Å². The van der Waals surface area contributed by atoms with Crippen molar-refractivity contribution in [3.63, 3.8) is 0 Å². The van der Waals surface area contributed by atoms with Crippen molar-refractivity contribution in [3.05, 3.63) is 23.8 Å². The Morgan fingerprint density at radius 2 is 2.05 bits per heavy atom. The first-order valence-corrected chi connectivity index (χ1v) is 7.45. The van der Waals surface area contributed by atoms with Crippen molar-refractivity contribution in [1.82, 2.24) is 10.2 Å². The van der Waals surface area contributed by atoms with E-state index in [4.69, 9.17) is 9.47 Å². The van der Waals surface area contributed by atoms with Crippen molar-refractivity contribution < 1.29 is 14.6 Å². The van der Waals surface area contributed by atoms with E-state index < -0.39 is 5.54 Å². The van der Waals surface area contributed by atoms with Crippen molar-refractivity contribution in [2.75, 3.05) is 47.0 Å². The van der Waals surface area contributed by atoms with E-state index in [2.05, 4.69) is 17.1 Å². The highest BCUT2D eigenvalue weighted by molar-refractivity contribution is 5.44. The van der Waals surface area contributed by atoms with Crippen LogP contribution in [0.5, 0.6) is 11.5 Å². The van der Waals surface area contributed by atoms with Crippen LogP contribution in [0.15, 0.2) is 18.2 Å². The van der Waals surface area contributed by atoms with Gasteiger partial charge in [0.2, 0.25) is 0 Å². The fourth-order valence-corrected chi connectivity index (χ4v) is 2.94. The van der Waals surface area contributed by atoms with Gasteiger partial charge in [-0.2, -0.15) is 0 Å². The van der Waals surface area contributed by atoms with Crippen LogP contribution in [-0.2, 0) is 5.54 Å². The Hall–Kier alpha value is -1.30. The van der Waals surface area contributed by atoms with Gasteiger partial charge >= 0.3 is 0 Å². The van der Waals surface area contributed by atoms with Crippen LogP contribution in [0.1, 0.15) is 18.9 Å². The average Bonchev–Trinajstić information content (AvgIpc) is 2.83. The zero-order valence-electron chi connectivity index (χ0n) is 13.2. The first-order chi connectivity index (χ1) is 10.2. The maximum Gasteiger partial charge on any atom is 0.127 e. The molecule has 1 aromatic rings. The lowest BCUT2D eigenvalue weighted by Crippen LogP contribution is -2.48. The van der Waals surface area contributed by atoms with Crippen LogP contribution < -0.4 is 14.8 Å². The van der Waals surface area contributed by atoms with Crippen LogP contribution in [-0.4, -0.2) is 57.0 Å². The Morgan fingerprint density at radius 1 is 1.24 bits per heavy atom. The van der Waals surface area contributed by atoms with E-state index in [1.807, 2.05) is 18.2 Å². The van der Waals surface area contributed by atoms with Crippen LogP contribution in [0.25, 0.3) is 0 Å². The number of nitrogens with zero attached hydrogens (tertiary/aromatic N) is 1. The lowest BCUT2D eigenvalue weighted by Gasteiger charge is -2.40. The summed E-state index contributed by atoms with van der Waals surface area (Å²) < 4.78 is 10.8. The minimum Gasteiger partial charge on any atom is -0.497 e. The summed E-state index contributed by atoms with van der Waals surface area (Å²) >= 11 is 0. The van der Waals surface area contributed by atoms with Gasteiger partial charge in [0.25, 0.3) is 0 Å². The maximum absolute atomic E-state index is 10.1.